The van der Waals surface area contributed by atoms with Crippen LogP contribution < -0.4 is 4.74 Å². The van der Waals surface area contributed by atoms with E-state index in [0.29, 0.717) is 71.0 Å². The molecule has 0 unspecified atom stereocenters. The number of aliphatic carboxylic acids is 1. The van der Waals surface area contributed by atoms with Crippen LogP contribution in [0.5, 0.6) is 5.75 Å². The second kappa shape index (κ2) is 10.7. The lowest BCUT2D eigenvalue weighted by atomic mass is 9.70. The highest BCUT2D eigenvalue weighted by Gasteiger charge is 2.44. The third kappa shape index (κ3) is 5.18. The van der Waals surface area contributed by atoms with Crippen LogP contribution in [0.3, 0.4) is 0 Å². The zero-order chi connectivity index (χ0) is 26.1. The van der Waals surface area contributed by atoms with Gasteiger partial charge in [0, 0.05) is 63.5 Å². The Morgan fingerprint density at radius 3 is 2.08 bits per heavy atom. The molecule has 1 N–H and O–H groups in total. The molecule has 37 heavy (non-hydrogen) atoms. The molecule has 0 saturated heterocycles. The molecule has 192 valence electrons. The minimum Gasteiger partial charge on any atom is -0.489 e. The van der Waals surface area contributed by atoms with E-state index < -0.39 is 11.9 Å². The molecule has 1 aliphatic heterocycles. The normalized spacial score (nSPS) is 18.2. The van der Waals surface area contributed by atoms with Crippen LogP contribution in [0.15, 0.2) is 65.0 Å². The van der Waals surface area contributed by atoms with Crippen molar-refractivity contribution in [3.8, 4) is 5.75 Å². The van der Waals surface area contributed by atoms with E-state index >= 15 is 0 Å². The van der Waals surface area contributed by atoms with Gasteiger partial charge in [0.05, 0.1) is 6.42 Å². The van der Waals surface area contributed by atoms with E-state index in [-0.39, 0.29) is 31.1 Å². The van der Waals surface area contributed by atoms with Gasteiger partial charge in [-0.1, -0.05) is 35.3 Å². The summed E-state index contributed by atoms with van der Waals surface area (Å²) in [7, 11) is 0. The molecule has 0 bridgehead atoms. The standard InChI is InChI=1S/C29H27Cl2NO5/c30-18-9-7-17(8-10-18)16-37-25-12-11-19(31)15-20(25)27-28-21(3-1-5-23(28)33)32(14-13-26(35)36)22-4-2-6-24(34)29(22)27/h7-12,15,27H,1-6,13-14,16H2,(H,35,36). The number of Topliss-reactive ketones (excluding diaryl/α,β-unsaturated/α-hetero) is 2. The van der Waals surface area contributed by atoms with Gasteiger partial charge in [0.25, 0.3) is 0 Å². The third-order valence-corrected chi connectivity index (χ3v) is 7.71. The summed E-state index contributed by atoms with van der Waals surface area (Å²) in [5.41, 5.74) is 4.42. The molecular weight excluding hydrogens is 513 g/mol. The largest absolute Gasteiger partial charge is 0.489 e. The van der Waals surface area contributed by atoms with E-state index in [0.717, 1.165) is 17.0 Å². The van der Waals surface area contributed by atoms with Crippen LogP contribution in [-0.2, 0) is 21.0 Å². The number of hydrogen-bond acceptors (Lipinski definition) is 5. The van der Waals surface area contributed by atoms with E-state index in [9.17, 15) is 19.5 Å². The summed E-state index contributed by atoms with van der Waals surface area (Å²) >= 11 is 12.5. The highest BCUT2D eigenvalue weighted by molar-refractivity contribution is 6.31. The van der Waals surface area contributed by atoms with Crippen molar-refractivity contribution in [2.45, 2.75) is 57.5 Å². The SMILES string of the molecule is O=C(O)CCN1C2=C(C(=O)CCC2)C(c2cc(Cl)ccc2OCc2ccc(Cl)cc2)C2=C1CCCC2=O. The first-order chi connectivity index (χ1) is 17.8. The fraction of sp³-hybridized carbons (Fsp3) is 0.345. The molecule has 3 aliphatic rings. The molecular formula is C29H27Cl2NO5. The predicted octanol–water partition coefficient (Wildman–Crippen LogP) is 6.46. The lowest BCUT2D eigenvalue weighted by Gasteiger charge is -2.44. The number of rotatable bonds is 7. The summed E-state index contributed by atoms with van der Waals surface area (Å²) in [5, 5.41) is 10.5. The molecule has 2 aliphatic carbocycles. The van der Waals surface area contributed by atoms with Crippen molar-refractivity contribution in [2.24, 2.45) is 0 Å². The smallest absolute Gasteiger partial charge is 0.305 e. The van der Waals surface area contributed by atoms with E-state index in [1.54, 1.807) is 30.3 Å². The Bertz CT molecular complexity index is 1280. The monoisotopic (exact) mass is 539 g/mol. The van der Waals surface area contributed by atoms with Crippen molar-refractivity contribution in [2.75, 3.05) is 6.54 Å². The summed E-state index contributed by atoms with van der Waals surface area (Å²) in [5.74, 6) is -0.979. The third-order valence-electron chi connectivity index (χ3n) is 7.23. The number of halogens is 2. The first-order valence-corrected chi connectivity index (χ1v) is 13.3. The quantitative estimate of drug-likeness (QED) is 0.434. The van der Waals surface area contributed by atoms with Gasteiger partial charge in [-0.3, -0.25) is 14.4 Å². The van der Waals surface area contributed by atoms with Gasteiger partial charge >= 0.3 is 5.97 Å². The molecule has 0 spiro atoms. The van der Waals surface area contributed by atoms with Crippen molar-refractivity contribution in [1.29, 1.82) is 0 Å². The Labute approximate surface area is 225 Å². The van der Waals surface area contributed by atoms with Gasteiger partial charge in [-0.25, -0.2) is 0 Å². The van der Waals surface area contributed by atoms with Crippen molar-refractivity contribution >= 4 is 40.7 Å². The van der Waals surface area contributed by atoms with Crippen LogP contribution in [0.2, 0.25) is 10.0 Å². The molecule has 0 aromatic heterocycles. The number of carboxylic acids is 1. The fourth-order valence-corrected chi connectivity index (χ4v) is 5.93. The zero-order valence-corrected chi connectivity index (χ0v) is 21.8. The fourth-order valence-electron chi connectivity index (χ4n) is 5.62. The first-order valence-electron chi connectivity index (χ1n) is 12.5. The predicted molar refractivity (Wildman–Crippen MR) is 141 cm³/mol. The molecule has 0 atom stereocenters. The molecule has 2 aromatic rings. The minimum absolute atomic E-state index is 0.0138. The summed E-state index contributed by atoms with van der Waals surface area (Å²) < 4.78 is 6.25. The Balaban J connectivity index is 1.63. The lowest BCUT2D eigenvalue weighted by molar-refractivity contribution is -0.137. The number of carbonyl (C=O) groups is 3. The summed E-state index contributed by atoms with van der Waals surface area (Å²) in [6.45, 7) is 0.513. The maximum absolute atomic E-state index is 13.5. The van der Waals surface area contributed by atoms with Crippen molar-refractivity contribution in [1.82, 2.24) is 4.90 Å². The van der Waals surface area contributed by atoms with Gasteiger partial charge in [0.1, 0.15) is 12.4 Å². The van der Waals surface area contributed by atoms with Gasteiger partial charge in [0.2, 0.25) is 0 Å². The first kappa shape index (κ1) is 25.6. The van der Waals surface area contributed by atoms with E-state index in [1.165, 1.54) is 0 Å². The molecule has 0 fully saturated rings. The number of carbonyl (C=O) groups excluding carboxylic acids is 2. The molecule has 1 heterocycles. The summed E-state index contributed by atoms with van der Waals surface area (Å²) in [6, 6.07) is 12.7. The van der Waals surface area contributed by atoms with Crippen molar-refractivity contribution in [3.63, 3.8) is 0 Å². The number of nitrogens with zero attached hydrogens (tertiary/aromatic N) is 1. The molecule has 5 rings (SSSR count). The number of carboxylic acid groups (broad SMARTS) is 1. The van der Waals surface area contributed by atoms with Gasteiger partial charge in [-0.05, 0) is 61.6 Å². The summed E-state index contributed by atoms with van der Waals surface area (Å²) in [6.07, 6.45) is 3.40. The maximum Gasteiger partial charge on any atom is 0.305 e. The van der Waals surface area contributed by atoms with Crippen LogP contribution in [0.1, 0.15) is 62.0 Å². The van der Waals surface area contributed by atoms with Gasteiger partial charge in [-0.2, -0.15) is 0 Å². The van der Waals surface area contributed by atoms with Crippen LogP contribution in [0, 0.1) is 0 Å². The van der Waals surface area contributed by atoms with E-state index in [4.69, 9.17) is 27.9 Å². The van der Waals surface area contributed by atoms with Crippen LogP contribution >= 0.6 is 23.2 Å². The maximum atomic E-state index is 13.5. The lowest BCUT2D eigenvalue weighted by Crippen LogP contribution is -2.40. The second-order valence-corrected chi connectivity index (χ2v) is 10.5. The van der Waals surface area contributed by atoms with E-state index in [2.05, 4.69) is 0 Å². The average Bonchev–Trinajstić information content (AvgIpc) is 2.87. The number of ether oxygens (including phenoxy) is 1. The average molecular weight is 540 g/mol. The number of allylic oxidation sites excluding steroid dienone is 4. The highest BCUT2D eigenvalue weighted by Crippen LogP contribution is 2.51. The number of ketones is 2. The van der Waals surface area contributed by atoms with Crippen molar-refractivity contribution in [3.05, 3.63) is 86.2 Å². The second-order valence-electron chi connectivity index (χ2n) is 9.60. The molecule has 6 nitrogen and oxygen atoms in total. The highest BCUT2D eigenvalue weighted by atomic mass is 35.5. The molecule has 2 aromatic carbocycles. The van der Waals surface area contributed by atoms with Gasteiger partial charge < -0.3 is 14.7 Å². The van der Waals surface area contributed by atoms with Crippen LogP contribution in [0.25, 0.3) is 0 Å². The Kier molecular flexibility index (Phi) is 7.40. The molecule has 0 amide bonds. The van der Waals surface area contributed by atoms with Gasteiger partial charge in [-0.15, -0.1) is 0 Å². The Morgan fingerprint density at radius 1 is 0.892 bits per heavy atom. The van der Waals surface area contributed by atoms with E-state index in [1.807, 2.05) is 17.0 Å². The minimum atomic E-state index is -0.913. The van der Waals surface area contributed by atoms with Crippen LogP contribution in [-0.4, -0.2) is 34.1 Å². The molecule has 8 heteroatoms. The number of hydrogen-bond donors (Lipinski definition) is 1. The molecule has 0 radical (unpaired) electrons. The number of benzene rings is 2. The van der Waals surface area contributed by atoms with Crippen molar-refractivity contribution < 1.29 is 24.2 Å². The Morgan fingerprint density at radius 2 is 1.49 bits per heavy atom. The topological polar surface area (TPSA) is 83.9 Å². The van der Waals surface area contributed by atoms with Crippen LogP contribution in [0.4, 0.5) is 0 Å². The Hall–Kier alpha value is -3.09. The van der Waals surface area contributed by atoms with Gasteiger partial charge in [0.15, 0.2) is 11.6 Å². The zero-order valence-electron chi connectivity index (χ0n) is 20.3. The molecule has 0 saturated carbocycles. The summed E-state index contributed by atoms with van der Waals surface area (Å²) in [4.78, 5) is 40.3.